The van der Waals surface area contributed by atoms with Crippen molar-refractivity contribution in [3.8, 4) is 5.75 Å². The Kier molecular flexibility index (Phi) is 11.1. The normalized spacial score (nSPS) is 20.5. The van der Waals surface area contributed by atoms with E-state index in [0.29, 0.717) is 25.4 Å². The van der Waals surface area contributed by atoms with Crippen LogP contribution in [-0.4, -0.2) is 80.3 Å². The van der Waals surface area contributed by atoms with Gasteiger partial charge in [-0.2, -0.15) is 0 Å². The summed E-state index contributed by atoms with van der Waals surface area (Å²) in [6.07, 6.45) is 0.283. The molecule has 2 atom stereocenters. The molecule has 1 heterocycles. The first-order chi connectivity index (χ1) is 16.0. The lowest BCUT2D eigenvalue weighted by Gasteiger charge is -2.21. The van der Waals surface area contributed by atoms with Crippen LogP contribution in [0.1, 0.15) is 36.5 Å². The molecule has 1 aliphatic heterocycles. The Hall–Kier alpha value is -3.18. The Balaban J connectivity index is 2.20. The number of benzene rings is 1. The lowest BCUT2D eigenvalue weighted by molar-refractivity contribution is -0.130. The van der Waals surface area contributed by atoms with Gasteiger partial charge in [-0.05, 0) is 31.9 Å². The highest BCUT2D eigenvalue weighted by Crippen LogP contribution is 2.18. The number of hydrogen-bond donors (Lipinski definition) is 5. The molecule has 2 rings (SSSR count). The number of rotatable bonds is 6. The van der Waals surface area contributed by atoms with Crippen molar-refractivity contribution in [1.29, 1.82) is 0 Å². The zero-order chi connectivity index (χ0) is 24.1. The van der Waals surface area contributed by atoms with Crippen molar-refractivity contribution in [2.24, 2.45) is 0 Å². The SMILES string of the molecule is CCOCCNC(=O)[C@@H]1CCC(=O)N[C@@H](CO)C(=O)NCCCOc2ccccc2C(=O)N1. The zero-order valence-corrected chi connectivity index (χ0v) is 18.7. The number of carbonyl (C=O) groups is 4. The predicted molar refractivity (Wildman–Crippen MR) is 119 cm³/mol. The van der Waals surface area contributed by atoms with Gasteiger partial charge in [0.1, 0.15) is 17.8 Å². The fourth-order valence-electron chi connectivity index (χ4n) is 3.12. The first-order valence-corrected chi connectivity index (χ1v) is 11.0. The number of carbonyl (C=O) groups excluding carboxylic acids is 4. The molecule has 0 radical (unpaired) electrons. The lowest BCUT2D eigenvalue weighted by atomic mass is 10.1. The molecule has 5 N–H and O–H groups in total. The van der Waals surface area contributed by atoms with Crippen molar-refractivity contribution in [3.63, 3.8) is 0 Å². The maximum atomic E-state index is 12.9. The summed E-state index contributed by atoms with van der Waals surface area (Å²) < 4.78 is 10.9. The van der Waals surface area contributed by atoms with Crippen LogP contribution in [0.3, 0.4) is 0 Å². The average molecular weight is 465 g/mol. The van der Waals surface area contributed by atoms with Crippen molar-refractivity contribution in [2.75, 3.05) is 39.5 Å². The second-order valence-corrected chi connectivity index (χ2v) is 7.34. The molecule has 11 heteroatoms. The van der Waals surface area contributed by atoms with Crippen LogP contribution in [0.15, 0.2) is 24.3 Å². The van der Waals surface area contributed by atoms with Crippen LogP contribution in [0.25, 0.3) is 0 Å². The highest BCUT2D eigenvalue weighted by atomic mass is 16.5. The number of ether oxygens (including phenoxy) is 2. The van der Waals surface area contributed by atoms with E-state index in [-0.39, 0.29) is 38.1 Å². The molecule has 0 saturated carbocycles. The third kappa shape index (κ3) is 8.70. The van der Waals surface area contributed by atoms with E-state index in [4.69, 9.17) is 9.47 Å². The summed E-state index contributed by atoms with van der Waals surface area (Å²) in [5.74, 6) is -1.68. The van der Waals surface area contributed by atoms with Gasteiger partial charge in [-0.3, -0.25) is 19.2 Å². The average Bonchev–Trinajstić information content (AvgIpc) is 2.81. The molecular formula is C22H32N4O7. The maximum Gasteiger partial charge on any atom is 0.255 e. The first kappa shape index (κ1) is 26.1. The molecule has 0 bridgehead atoms. The van der Waals surface area contributed by atoms with Gasteiger partial charge in [0.15, 0.2) is 0 Å². The predicted octanol–water partition coefficient (Wildman–Crippen LogP) is -0.906. The third-order valence-electron chi connectivity index (χ3n) is 4.88. The molecule has 0 unspecified atom stereocenters. The number of nitrogens with one attached hydrogen (secondary N) is 4. The van der Waals surface area contributed by atoms with Gasteiger partial charge in [-0.15, -0.1) is 0 Å². The first-order valence-electron chi connectivity index (χ1n) is 11.0. The third-order valence-corrected chi connectivity index (χ3v) is 4.88. The zero-order valence-electron chi connectivity index (χ0n) is 18.7. The van der Waals surface area contributed by atoms with Crippen LogP contribution in [0.5, 0.6) is 5.75 Å². The van der Waals surface area contributed by atoms with Crippen LogP contribution in [0.4, 0.5) is 0 Å². The summed E-state index contributed by atoms with van der Waals surface area (Å²) in [6, 6.07) is 4.51. The van der Waals surface area contributed by atoms with Crippen molar-refractivity contribution in [1.82, 2.24) is 21.3 Å². The largest absolute Gasteiger partial charge is 0.493 e. The molecule has 1 aromatic carbocycles. The van der Waals surface area contributed by atoms with Gasteiger partial charge >= 0.3 is 0 Å². The molecular weight excluding hydrogens is 432 g/mol. The molecule has 182 valence electrons. The minimum Gasteiger partial charge on any atom is -0.493 e. The summed E-state index contributed by atoms with van der Waals surface area (Å²) in [5, 5.41) is 19.9. The molecule has 0 fully saturated rings. The van der Waals surface area contributed by atoms with Gasteiger partial charge < -0.3 is 35.8 Å². The lowest BCUT2D eigenvalue weighted by Crippen LogP contribution is -2.50. The van der Waals surface area contributed by atoms with E-state index in [9.17, 15) is 24.3 Å². The van der Waals surface area contributed by atoms with Gasteiger partial charge in [0.25, 0.3) is 5.91 Å². The number of hydrogen-bond acceptors (Lipinski definition) is 7. The fraction of sp³-hybridized carbons (Fsp3) is 0.545. The van der Waals surface area contributed by atoms with Gasteiger partial charge in [0, 0.05) is 26.1 Å². The molecule has 1 aliphatic rings. The highest BCUT2D eigenvalue weighted by molar-refractivity contribution is 5.99. The van der Waals surface area contributed by atoms with E-state index in [1.54, 1.807) is 24.3 Å². The summed E-state index contributed by atoms with van der Waals surface area (Å²) >= 11 is 0. The van der Waals surface area contributed by atoms with Crippen LogP contribution in [-0.2, 0) is 19.1 Å². The van der Waals surface area contributed by atoms with Crippen molar-refractivity contribution < 1.29 is 33.8 Å². The Morgan fingerprint density at radius 2 is 2.03 bits per heavy atom. The number of para-hydroxylation sites is 1. The van der Waals surface area contributed by atoms with Gasteiger partial charge in [-0.25, -0.2) is 0 Å². The minimum absolute atomic E-state index is 0.0131. The monoisotopic (exact) mass is 464 g/mol. The van der Waals surface area contributed by atoms with Crippen molar-refractivity contribution >= 4 is 23.6 Å². The molecule has 0 aromatic heterocycles. The van der Waals surface area contributed by atoms with Crippen molar-refractivity contribution in [2.45, 2.75) is 38.3 Å². The molecule has 0 aliphatic carbocycles. The van der Waals surface area contributed by atoms with E-state index in [1.807, 2.05) is 6.92 Å². The second kappa shape index (κ2) is 14.1. The standard InChI is InChI=1S/C22H32N4O7/c1-2-32-13-11-24-21(30)16-8-9-19(28)25-17(14-27)22(31)23-10-5-12-33-18-7-4-3-6-15(18)20(29)26-16/h3-4,6-7,16-17,27H,2,5,8-14H2,1H3,(H,23,31)(H,24,30)(H,25,28)(H,26,29)/t16-,17-/m0/s1. The van der Waals surface area contributed by atoms with Crippen LogP contribution in [0, 0.1) is 0 Å². The summed E-state index contributed by atoms with van der Waals surface area (Å²) in [4.78, 5) is 50.2. The summed E-state index contributed by atoms with van der Waals surface area (Å²) in [5.41, 5.74) is 0.255. The fourth-order valence-corrected chi connectivity index (χ4v) is 3.12. The number of aliphatic hydroxyl groups excluding tert-OH is 1. The number of amides is 4. The second-order valence-electron chi connectivity index (χ2n) is 7.34. The van der Waals surface area contributed by atoms with Gasteiger partial charge in [0.2, 0.25) is 17.7 Å². The smallest absolute Gasteiger partial charge is 0.255 e. The quantitative estimate of drug-likeness (QED) is 0.342. The van der Waals surface area contributed by atoms with E-state index in [2.05, 4.69) is 21.3 Å². The molecule has 4 amide bonds. The summed E-state index contributed by atoms with van der Waals surface area (Å²) in [6.45, 7) is 2.82. The molecule has 0 saturated heterocycles. The maximum absolute atomic E-state index is 12.9. The molecule has 33 heavy (non-hydrogen) atoms. The Labute approximate surface area is 192 Å². The Morgan fingerprint density at radius 3 is 2.79 bits per heavy atom. The number of fused-ring (bicyclic) bond motifs is 1. The van der Waals surface area contributed by atoms with E-state index < -0.39 is 42.3 Å². The van der Waals surface area contributed by atoms with Crippen molar-refractivity contribution in [3.05, 3.63) is 29.8 Å². The van der Waals surface area contributed by atoms with E-state index in [0.717, 1.165) is 0 Å². The molecule has 11 nitrogen and oxygen atoms in total. The Bertz CT molecular complexity index is 818. The molecule has 0 spiro atoms. The minimum atomic E-state index is -1.11. The van der Waals surface area contributed by atoms with E-state index >= 15 is 0 Å². The molecule has 1 aromatic rings. The summed E-state index contributed by atoms with van der Waals surface area (Å²) in [7, 11) is 0. The van der Waals surface area contributed by atoms with Gasteiger partial charge in [-0.1, -0.05) is 12.1 Å². The van der Waals surface area contributed by atoms with E-state index in [1.165, 1.54) is 0 Å². The topological polar surface area (TPSA) is 155 Å². The van der Waals surface area contributed by atoms with Gasteiger partial charge in [0.05, 0.1) is 25.4 Å². The Morgan fingerprint density at radius 1 is 1.24 bits per heavy atom. The number of aliphatic hydroxyl groups is 1. The van der Waals surface area contributed by atoms with Crippen LogP contribution >= 0.6 is 0 Å². The highest BCUT2D eigenvalue weighted by Gasteiger charge is 2.25. The van der Waals surface area contributed by atoms with Crippen LogP contribution < -0.4 is 26.0 Å². The van der Waals surface area contributed by atoms with Crippen LogP contribution in [0.2, 0.25) is 0 Å².